The number of hydrogen-bond acceptors (Lipinski definition) is 16. The Morgan fingerprint density at radius 3 is 1.02 bits per heavy atom. The summed E-state index contributed by atoms with van der Waals surface area (Å²) < 4.78 is 32.8. The Labute approximate surface area is 372 Å². The Morgan fingerprint density at radius 2 is 0.703 bits per heavy atom. The van der Waals surface area contributed by atoms with Crippen LogP contribution in [0.15, 0.2) is 48.5 Å². The summed E-state index contributed by atoms with van der Waals surface area (Å²) in [4.78, 5) is 115. The van der Waals surface area contributed by atoms with Gasteiger partial charge in [-0.15, -0.1) is 0 Å². The summed E-state index contributed by atoms with van der Waals surface area (Å²) in [7, 11) is 5.15. The molecule has 20 heteroatoms. The molecule has 0 aromatic heterocycles. The van der Waals surface area contributed by atoms with Gasteiger partial charge in [0, 0.05) is 78.6 Å². The van der Waals surface area contributed by atoms with Crippen molar-refractivity contribution in [1.82, 2.24) is 19.6 Å². The van der Waals surface area contributed by atoms with Gasteiger partial charge in [-0.3, -0.25) is 38.4 Å². The van der Waals surface area contributed by atoms with Crippen molar-refractivity contribution >= 4 is 58.9 Å². The molecule has 2 aromatic rings. The van der Waals surface area contributed by atoms with Crippen molar-refractivity contribution in [2.45, 2.75) is 51.1 Å². The predicted molar refractivity (Wildman–Crippen MR) is 228 cm³/mol. The van der Waals surface area contributed by atoms with E-state index in [1.165, 1.54) is 42.0 Å². The first kappa shape index (κ1) is 48.7. The Balaban J connectivity index is 1.33. The van der Waals surface area contributed by atoms with Crippen LogP contribution < -0.4 is 9.80 Å². The van der Waals surface area contributed by atoms with Gasteiger partial charge in [0.1, 0.15) is 26.2 Å². The van der Waals surface area contributed by atoms with E-state index < -0.39 is 98.1 Å². The molecule has 0 aliphatic carbocycles. The van der Waals surface area contributed by atoms with Crippen LogP contribution in [0.2, 0.25) is 0 Å². The van der Waals surface area contributed by atoms with Crippen LogP contribution in [-0.4, -0.2) is 198 Å². The molecule has 4 amide bonds. The fourth-order valence-electron chi connectivity index (χ4n) is 7.28. The van der Waals surface area contributed by atoms with Gasteiger partial charge >= 0.3 is 23.9 Å². The standard InChI is InChI=1S/C44H58N6O14/c1-29-41(55)45(3)27-39(53)63-36(24-32-9-13-34(14-10-32)50-17-21-60-22-18-50)44(58)48(6)26-38(52)62-30(2)42(56)46(4)28-40(54)64-35(43(57)47(5)25-37(51)61-29)23-31-7-11-33(12-8-31)49-15-19-59-20-16-49/h7-14,29-30,35-36H,15-28H2,1-6H3/t29-,30-,35-,36-/m1/s1. The minimum Gasteiger partial charge on any atom is -0.451 e. The number of anilines is 2. The van der Waals surface area contributed by atoms with Crippen LogP contribution in [0.3, 0.4) is 0 Å². The van der Waals surface area contributed by atoms with Crippen molar-refractivity contribution in [1.29, 1.82) is 0 Å². The number of hydrogen-bond donors (Lipinski definition) is 0. The number of ether oxygens (including phenoxy) is 6. The lowest BCUT2D eigenvalue weighted by Gasteiger charge is -2.29. The largest absolute Gasteiger partial charge is 0.451 e. The quantitative estimate of drug-likeness (QED) is 0.269. The van der Waals surface area contributed by atoms with E-state index in [4.69, 9.17) is 28.4 Å². The summed E-state index contributed by atoms with van der Waals surface area (Å²) in [5, 5.41) is 0. The number of nitrogens with zero attached hydrogens (tertiary/aromatic N) is 6. The number of carbonyl (C=O) groups excluding carboxylic acids is 8. The lowest BCUT2D eigenvalue weighted by molar-refractivity contribution is -0.169. The molecule has 348 valence electrons. The van der Waals surface area contributed by atoms with Crippen LogP contribution in [0.25, 0.3) is 0 Å². The summed E-state index contributed by atoms with van der Waals surface area (Å²) in [6.45, 7) is 5.21. The van der Waals surface area contributed by atoms with Gasteiger partial charge in [-0.25, -0.2) is 0 Å². The van der Waals surface area contributed by atoms with Crippen molar-refractivity contribution in [3.8, 4) is 0 Å². The Morgan fingerprint density at radius 1 is 0.422 bits per heavy atom. The van der Waals surface area contributed by atoms with Crippen LogP contribution in [-0.2, 0) is 79.6 Å². The van der Waals surface area contributed by atoms with E-state index in [-0.39, 0.29) is 12.8 Å². The molecule has 3 aliphatic heterocycles. The molecule has 3 fully saturated rings. The smallest absolute Gasteiger partial charge is 0.326 e. The SMILES string of the molecule is C[C@H]1OC(=O)CN(C)C(=O)[C@@H](Cc2ccc(N3CCOCC3)cc2)OC(=O)CN(C)C(=O)[C@@H](C)OC(=O)CN(C)C(=O)[C@@H](Cc2ccc(N3CCOCC3)cc2)OC(=O)CN(C)C1=O. The second-order valence-electron chi connectivity index (χ2n) is 15.9. The average molecular weight is 895 g/mol. The fourth-order valence-corrected chi connectivity index (χ4v) is 7.28. The molecule has 3 heterocycles. The molecule has 0 bridgehead atoms. The number of likely N-dealkylation sites (N-methyl/N-ethyl adjacent to an activating group) is 4. The lowest BCUT2D eigenvalue weighted by Crippen LogP contribution is -2.47. The van der Waals surface area contributed by atoms with Crippen molar-refractivity contribution in [3.63, 3.8) is 0 Å². The highest BCUT2D eigenvalue weighted by Gasteiger charge is 2.34. The van der Waals surface area contributed by atoms with Gasteiger partial charge in [-0.2, -0.15) is 0 Å². The highest BCUT2D eigenvalue weighted by molar-refractivity contribution is 5.92. The van der Waals surface area contributed by atoms with Gasteiger partial charge in [0.25, 0.3) is 23.6 Å². The average Bonchev–Trinajstić information content (AvgIpc) is 3.27. The Bertz CT molecular complexity index is 1840. The second kappa shape index (κ2) is 22.9. The first-order valence-electron chi connectivity index (χ1n) is 21.1. The topological polar surface area (TPSA) is 211 Å². The zero-order valence-electron chi connectivity index (χ0n) is 37.2. The minimum atomic E-state index is -1.45. The molecule has 3 aliphatic rings. The number of carbonyl (C=O) groups is 8. The van der Waals surface area contributed by atoms with Crippen LogP contribution in [0.5, 0.6) is 0 Å². The number of benzene rings is 2. The first-order valence-corrected chi connectivity index (χ1v) is 21.1. The maximum absolute atomic E-state index is 13.8. The molecule has 64 heavy (non-hydrogen) atoms. The molecule has 0 radical (unpaired) electrons. The van der Waals surface area contributed by atoms with E-state index >= 15 is 0 Å². The van der Waals surface area contributed by atoms with Gasteiger partial charge in [0.05, 0.1) is 26.4 Å². The van der Waals surface area contributed by atoms with Gasteiger partial charge in [0.15, 0.2) is 24.4 Å². The zero-order valence-corrected chi connectivity index (χ0v) is 37.2. The van der Waals surface area contributed by atoms with E-state index in [9.17, 15) is 38.4 Å². The summed E-state index contributed by atoms with van der Waals surface area (Å²) in [6, 6.07) is 14.6. The first-order chi connectivity index (χ1) is 30.5. The molecule has 3 saturated heterocycles. The maximum atomic E-state index is 13.8. The van der Waals surface area contributed by atoms with E-state index in [0.29, 0.717) is 63.7 Å². The monoisotopic (exact) mass is 894 g/mol. The molecule has 5 rings (SSSR count). The van der Waals surface area contributed by atoms with E-state index in [1.54, 1.807) is 24.3 Å². The third kappa shape index (κ3) is 13.9. The Hall–Kier alpha value is -6.28. The fraction of sp³-hybridized carbons (Fsp3) is 0.545. The summed E-state index contributed by atoms with van der Waals surface area (Å²) in [5.41, 5.74) is 3.14. The molecule has 0 saturated carbocycles. The highest BCUT2D eigenvalue weighted by Crippen LogP contribution is 2.21. The van der Waals surface area contributed by atoms with Gasteiger partial charge < -0.3 is 57.8 Å². The van der Waals surface area contributed by atoms with Gasteiger partial charge in [-0.05, 0) is 49.2 Å². The lowest BCUT2D eigenvalue weighted by atomic mass is 10.1. The van der Waals surface area contributed by atoms with Crippen LogP contribution in [0, 0.1) is 0 Å². The number of amides is 4. The second-order valence-corrected chi connectivity index (χ2v) is 15.9. The number of rotatable bonds is 6. The van der Waals surface area contributed by atoms with Crippen molar-refractivity contribution in [3.05, 3.63) is 59.7 Å². The van der Waals surface area contributed by atoms with Crippen molar-refractivity contribution in [2.75, 3.05) is 117 Å². The van der Waals surface area contributed by atoms with Crippen molar-refractivity contribution < 1.29 is 66.8 Å². The van der Waals surface area contributed by atoms with E-state index in [2.05, 4.69) is 9.80 Å². The predicted octanol–water partition coefficient (Wildman–Crippen LogP) is -0.321. The molecular formula is C44H58N6O14. The molecule has 0 unspecified atom stereocenters. The maximum Gasteiger partial charge on any atom is 0.326 e. The number of esters is 4. The minimum absolute atomic E-state index is 0.0941. The third-order valence-electron chi connectivity index (χ3n) is 10.8. The summed E-state index contributed by atoms with van der Waals surface area (Å²) >= 11 is 0. The number of morpholine rings is 2. The molecule has 0 N–H and O–H groups in total. The zero-order chi connectivity index (χ0) is 46.5. The van der Waals surface area contributed by atoms with Crippen LogP contribution in [0.4, 0.5) is 11.4 Å². The van der Waals surface area contributed by atoms with Gasteiger partial charge in [-0.1, -0.05) is 24.3 Å². The highest BCUT2D eigenvalue weighted by atomic mass is 16.6. The molecule has 4 atom stereocenters. The van der Waals surface area contributed by atoms with E-state index in [1.807, 2.05) is 24.3 Å². The molecule has 20 nitrogen and oxygen atoms in total. The number of cyclic esters (lactones) is 4. The normalized spacial score (nSPS) is 23.9. The van der Waals surface area contributed by atoms with Crippen LogP contribution >= 0.6 is 0 Å². The third-order valence-corrected chi connectivity index (χ3v) is 10.8. The van der Waals surface area contributed by atoms with E-state index in [0.717, 1.165) is 31.0 Å². The molecule has 0 spiro atoms. The summed E-state index contributed by atoms with van der Waals surface area (Å²) in [5.74, 6) is -6.97. The summed E-state index contributed by atoms with van der Waals surface area (Å²) in [6.07, 6.45) is -5.91. The van der Waals surface area contributed by atoms with Gasteiger partial charge in [0.2, 0.25) is 0 Å². The van der Waals surface area contributed by atoms with Crippen molar-refractivity contribution in [2.24, 2.45) is 0 Å². The molecular weight excluding hydrogens is 837 g/mol. The Kier molecular flexibility index (Phi) is 17.4. The molecule has 2 aromatic carbocycles. The van der Waals surface area contributed by atoms with Crippen LogP contribution in [0.1, 0.15) is 25.0 Å².